The number of nitrogens with one attached hydrogen (secondary N) is 2. The van der Waals surface area contributed by atoms with Gasteiger partial charge in [-0.1, -0.05) is 24.1 Å². The Balaban J connectivity index is 1.61. The normalized spacial score (nSPS) is 10.0. The van der Waals surface area contributed by atoms with Gasteiger partial charge in [0.05, 0.1) is 13.2 Å². The first-order chi connectivity index (χ1) is 14.5. The third-order valence-electron chi connectivity index (χ3n) is 4.04. The molecular weight excluding hydrogens is 384 g/mol. The summed E-state index contributed by atoms with van der Waals surface area (Å²) in [4.78, 5) is 35.4. The maximum Gasteiger partial charge on any atom is 0.251 e. The fourth-order valence-corrected chi connectivity index (χ4v) is 2.49. The highest BCUT2D eigenvalue weighted by atomic mass is 16.5. The molecule has 2 amide bonds. The van der Waals surface area contributed by atoms with E-state index in [9.17, 15) is 14.4 Å². The van der Waals surface area contributed by atoms with E-state index < -0.39 is 0 Å². The lowest BCUT2D eigenvalue weighted by Crippen LogP contribution is -2.30. The van der Waals surface area contributed by atoms with E-state index in [1.54, 1.807) is 48.5 Å². The van der Waals surface area contributed by atoms with Crippen LogP contribution in [0.3, 0.4) is 0 Å². The summed E-state index contributed by atoms with van der Waals surface area (Å²) in [5.74, 6) is 2.37. The molecule has 2 aromatic rings. The summed E-state index contributed by atoms with van der Waals surface area (Å²) in [7, 11) is 0. The van der Waals surface area contributed by atoms with Crippen LogP contribution in [0, 0.1) is 12.3 Å². The van der Waals surface area contributed by atoms with Crippen molar-refractivity contribution in [1.82, 2.24) is 10.6 Å². The van der Waals surface area contributed by atoms with E-state index in [1.165, 1.54) is 6.92 Å². The van der Waals surface area contributed by atoms with Crippen LogP contribution in [0.5, 0.6) is 5.75 Å². The molecule has 0 spiro atoms. The Morgan fingerprint density at radius 2 is 1.50 bits per heavy atom. The van der Waals surface area contributed by atoms with Gasteiger partial charge in [0.15, 0.2) is 5.78 Å². The Morgan fingerprint density at radius 1 is 0.900 bits per heavy atom. The van der Waals surface area contributed by atoms with Crippen LogP contribution in [0.25, 0.3) is 0 Å². The van der Waals surface area contributed by atoms with Gasteiger partial charge in [-0.3, -0.25) is 14.4 Å². The summed E-state index contributed by atoms with van der Waals surface area (Å²) in [5, 5.41) is 5.48. The molecule has 0 bridgehead atoms. The van der Waals surface area contributed by atoms with Gasteiger partial charge < -0.3 is 20.1 Å². The topological polar surface area (TPSA) is 93.7 Å². The molecule has 0 aliphatic rings. The standard InChI is InChI=1S/C23H24N2O5/c1-3-13-30-21-6-4-5-20(16-21)23(28)25-12-15-29-14-11-24-22(27)19-9-7-18(8-10-19)17(2)26/h1,4-10,16H,11-15H2,2H3,(H,24,27)(H,25,28). The summed E-state index contributed by atoms with van der Waals surface area (Å²) in [6.07, 6.45) is 5.15. The van der Waals surface area contributed by atoms with Crippen LogP contribution in [0.15, 0.2) is 48.5 Å². The number of rotatable bonds is 11. The average Bonchev–Trinajstić information content (AvgIpc) is 2.77. The maximum absolute atomic E-state index is 12.1. The van der Waals surface area contributed by atoms with E-state index in [4.69, 9.17) is 15.9 Å². The van der Waals surface area contributed by atoms with Crippen molar-refractivity contribution in [2.45, 2.75) is 6.92 Å². The summed E-state index contributed by atoms with van der Waals surface area (Å²) in [5.41, 5.74) is 1.50. The first kappa shape index (κ1) is 22.7. The van der Waals surface area contributed by atoms with E-state index in [2.05, 4.69) is 16.6 Å². The zero-order chi connectivity index (χ0) is 21.8. The molecule has 0 fully saturated rings. The molecule has 2 rings (SSSR count). The second-order valence-corrected chi connectivity index (χ2v) is 6.28. The number of terminal acetylenes is 1. The van der Waals surface area contributed by atoms with Crippen molar-refractivity contribution in [2.75, 3.05) is 32.9 Å². The van der Waals surface area contributed by atoms with Crippen molar-refractivity contribution in [3.8, 4) is 18.1 Å². The predicted molar refractivity (Wildman–Crippen MR) is 113 cm³/mol. The zero-order valence-corrected chi connectivity index (χ0v) is 16.8. The molecule has 0 saturated heterocycles. The summed E-state index contributed by atoms with van der Waals surface area (Å²) >= 11 is 0. The van der Waals surface area contributed by atoms with Crippen LogP contribution in [-0.4, -0.2) is 50.5 Å². The van der Waals surface area contributed by atoms with Crippen LogP contribution in [0.2, 0.25) is 0 Å². The zero-order valence-electron chi connectivity index (χ0n) is 16.8. The number of carbonyl (C=O) groups is 3. The lowest BCUT2D eigenvalue weighted by atomic mass is 10.1. The van der Waals surface area contributed by atoms with E-state index in [0.717, 1.165) is 0 Å². The highest BCUT2D eigenvalue weighted by molar-refractivity contribution is 5.97. The van der Waals surface area contributed by atoms with Gasteiger partial charge in [-0.05, 0) is 37.3 Å². The van der Waals surface area contributed by atoms with Crippen LogP contribution in [-0.2, 0) is 4.74 Å². The van der Waals surface area contributed by atoms with Crippen molar-refractivity contribution >= 4 is 17.6 Å². The predicted octanol–water partition coefficient (Wildman–Crippen LogP) is 2.08. The Kier molecular flexibility index (Phi) is 9.10. The van der Waals surface area contributed by atoms with E-state index in [-0.39, 0.29) is 24.2 Å². The molecule has 0 aliphatic heterocycles. The fourth-order valence-electron chi connectivity index (χ4n) is 2.49. The Bertz CT molecular complexity index is 916. The molecule has 7 nitrogen and oxygen atoms in total. The molecule has 0 unspecified atom stereocenters. The molecular formula is C23H24N2O5. The van der Waals surface area contributed by atoms with E-state index in [0.29, 0.717) is 48.7 Å². The molecule has 0 atom stereocenters. The SMILES string of the molecule is C#CCOc1cccc(C(=O)NCCOCCNC(=O)c2ccc(C(C)=O)cc2)c1. The lowest BCUT2D eigenvalue weighted by Gasteiger charge is -2.09. The molecule has 2 N–H and O–H groups in total. The van der Waals surface area contributed by atoms with Crippen LogP contribution in [0.4, 0.5) is 0 Å². The minimum absolute atomic E-state index is 0.0487. The van der Waals surface area contributed by atoms with Crippen molar-refractivity contribution in [3.05, 3.63) is 65.2 Å². The summed E-state index contributed by atoms with van der Waals surface area (Å²) in [6.45, 7) is 2.88. The molecule has 2 aromatic carbocycles. The number of benzene rings is 2. The van der Waals surface area contributed by atoms with Gasteiger partial charge in [-0.15, -0.1) is 6.42 Å². The smallest absolute Gasteiger partial charge is 0.251 e. The van der Waals surface area contributed by atoms with Crippen LogP contribution < -0.4 is 15.4 Å². The number of ketones is 1. The van der Waals surface area contributed by atoms with Gasteiger partial charge in [0.1, 0.15) is 12.4 Å². The Morgan fingerprint density at radius 3 is 2.10 bits per heavy atom. The third kappa shape index (κ3) is 7.41. The largest absolute Gasteiger partial charge is 0.481 e. The highest BCUT2D eigenvalue weighted by Crippen LogP contribution is 2.13. The molecule has 7 heteroatoms. The van der Waals surface area contributed by atoms with Gasteiger partial charge >= 0.3 is 0 Å². The van der Waals surface area contributed by atoms with Gasteiger partial charge in [0.25, 0.3) is 11.8 Å². The number of Topliss-reactive ketones (excluding diaryl/α,β-unsaturated/α-hetero) is 1. The van der Waals surface area contributed by atoms with Crippen molar-refractivity contribution in [1.29, 1.82) is 0 Å². The summed E-state index contributed by atoms with van der Waals surface area (Å²) < 4.78 is 10.7. The second kappa shape index (κ2) is 12.0. The summed E-state index contributed by atoms with van der Waals surface area (Å²) in [6, 6.07) is 13.2. The molecule has 0 aliphatic carbocycles. The van der Waals surface area contributed by atoms with Gasteiger partial charge in [-0.2, -0.15) is 0 Å². The second-order valence-electron chi connectivity index (χ2n) is 6.28. The quantitative estimate of drug-likeness (QED) is 0.337. The highest BCUT2D eigenvalue weighted by Gasteiger charge is 2.07. The van der Waals surface area contributed by atoms with Gasteiger partial charge in [0, 0.05) is 29.8 Å². The molecule has 0 aromatic heterocycles. The minimum Gasteiger partial charge on any atom is -0.481 e. The van der Waals surface area contributed by atoms with Crippen molar-refractivity contribution in [3.63, 3.8) is 0 Å². The van der Waals surface area contributed by atoms with E-state index >= 15 is 0 Å². The van der Waals surface area contributed by atoms with Gasteiger partial charge in [-0.25, -0.2) is 0 Å². The van der Waals surface area contributed by atoms with Crippen LogP contribution in [0.1, 0.15) is 38.0 Å². The first-order valence-electron chi connectivity index (χ1n) is 9.42. The number of carbonyl (C=O) groups excluding carboxylic acids is 3. The molecule has 0 radical (unpaired) electrons. The minimum atomic E-state index is -0.243. The fraction of sp³-hybridized carbons (Fsp3) is 0.261. The average molecular weight is 408 g/mol. The Hall–Kier alpha value is -3.63. The third-order valence-corrected chi connectivity index (χ3v) is 4.04. The molecule has 156 valence electrons. The number of amides is 2. The Labute approximate surface area is 175 Å². The van der Waals surface area contributed by atoms with Crippen molar-refractivity contribution in [2.24, 2.45) is 0 Å². The number of ether oxygens (including phenoxy) is 2. The number of hydrogen-bond donors (Lipinski definition) is 2. The van der Waals surface area contributed by atoms with Crippen molar-refractivity contribution < 1.29 is 23.9 Å². The lowest BCUT2D eigenvalue weighted by molar-refractivity contribution is 0.0891. The van der Waals surface area contributed by atoms with Gasteiger partial charge in [0.2, 0.25) is 0 Å². The molecule has 0 heterocycles. The molecule has 0 saturated carbocycles. The number of hydrogen-bond acceptors (Lipinski definition) is 5. The maximum atomic E-state index is 12.1. The monoisotopic (exact) mass is 408 g/mol. The first-order valence-corrected chi connectivity index (χ1v) is 9.42. The van der Waals surface area contributed by atoms with Crippen LogP contribution >= 0.6 is 0 Å². The molecule has 30 heavy (non-hydrogen) atoms. The van der Waals surface area contributed by atoms with E-state index in [1.807, 2.05) is 0 Å².